The Bertz CT molecular complexity index is 686. The maximum absolute atomic E-state index is 4.45. The van der Waals surface area contributed by atoms with Gasteiger partial charge in [-0.2, -0.15) is 5.10 Å². The topological polar surface area (TPSA) is 30.2 Å². The maximum Gasteiger partial charge on any atom is 0.0729 e. The van der Waals surface area contributed by atoms with Crippen LogP contribution in [0, 0.1) is 0 Å². The molecular weight excluding hydrogens is 282 g/mol. The Morgan fingerprint density at radius 1 is 1.26 bits per heavy atom. The van der Waals surface area contributed by atoms with Crippen LogP contribution in [0.25, 0.3) is 11.4 Å². The van der Waals surface area contributed by atoms with Crippen LogP contribution in [0.3, 0.4) is 0 Å². The average molecular weight is 307 g/mol. The van der Waals surface area contributed by atoms with Gasteiger partial charge in [0.1, 0.15) is 0 Å². The van der Waals surface area contributed by atoms with Gasteiger partial charge in [-0.25, -0.2) is 4.68 Å². The summed E-state index contributed by atoms with van der Waals surface area (Å²) in [5, 5.41) is 4.45. The molecule has 0 aliphatic heterocycles. The van der Waals surface area contributed by atoms with E-state index in [-0.39, 0.29) is 0 Å². The summed E-state index contributed by atoms with van der Waals surface area (Å²) in [6.45, 7) is 10.1. The monoisotopic (exact) mass is 307 g/mol. The highest BCUT2D eigenvalue weighted by Crippen LogP contribution is 2.24. The van der Waals surface area contributed by atoms with Gasteiger partial charge in [0.2, 0.25) is 0 Å². The molecule has 0 aliphatic carbocycles. The molecule has 0 fully saturated rings. The smallest absolute Gasteiger partial charge is 0.0729 e. The zero-order valence-electron chi connectivity index (χ0n) is 14.2. The van der Waals surface area contributed by atoms with Gasteiger partial charge in [0.15, 0.2) is 0 Å². The van der Waals surface area contributed by atoms with Crippen LogP contribution in [-0.4, -0.2) is 16.0 Å². The molecule has 0 saturated heterocycles. The summed E-state index contributed by atoms with van der Waals surface area (Å²) >= 11 is 0. The van der Waals surface area contributed by atoms with E-state index < -0.39 is 0 Å². The zero-order chi connectivity index (χ0) is 16.7. The molecule has 2 aromatic rings. The maximum atomic E-state index is 4.45. The zero-order valence-corrected chi connectivity index (χ0v) is 14.2. The van der Waals surface area contributed by atoms with Gasteiger partial charge in [0, 0.05) is 18.0 Å². The Balaban J connectivity index is 2.26. The fourth-order valence-corrected chi connectivity index (χ4v) is 2.72. The van der Waals surface area contributed by atoms with E-state index in [0.717, 1.165) is 16.9 Å². The Labute approximate surface area is 139 Å². The first kappa shape index (κ1) is 16.9. The summed E-state index contributed by atoms with van der Waals surface area (Å²) in [5.74, 6) is 0.637. The lowest BCUT2D eigenvalue weighted by atomic mass is 9.94. The van der Waals surface area contributed by atoms with Gasteiger partial charge in [-0.1, -0.05) is 38.6 Å². The molecule has 0 amide bonds. The van der Waals surface area contributed by atoms with E-state index >= 15 is 0 Å². The van der Waals surface area contributed by atoms with Crippen LogP contribution < -0.4 is 0 Å². The molecule has 0 spiro atoms. The van der Waals surface area contributed by atoms with Crippen molar-refractivity contribution in [3.8, 4) is 5.69 Å². The van der Waals surface area contributed by atoms with Gasteiger partial charge >= 0.3 is 0 Å². The molecule has 0 atom stereocenters. The van der Waals surface area contributed by atoms with Gasteiger partial charge in [-0.3, -0.25) is 4.99 Å². The minimum absolute atomic E-state index is 0.637. The summed E-state index contributed by atoms with van der Waals surface area (Å²) in [5.41, 5.74) is 4.30. The Kier molecular flexibility index (Phi) is 6.10. The van der Waals surface area contributed by atoms with Crippen LogP contribution in [0.2, 0.25) is 0 Å². The molecule has 0 unspecified atom stereocenters. The van der Waals surface area contributed by atoms with Crippen LogP contribution in [0.5, 0.6) is 0 Å². The van der Waals surface area contributed by atoms with Crippen molar-refractivity contribution in [3.05, 3.63) is 66.5 Å². The van der Waals surface area contributed by atoms with Crippen LogP contribution >= 0.6 is 0 Å². The molecular formula is C20H25N3. The van der Waals surface area contributed by atoms with E-state index in [1.807, 2.05) is 30.1 Å². The van der Waals surface area contributed by atoms with Crippen molar-refractivity contribution in [2.45, 2.75) is 39.5 Å². The number of aromatic nitrogens is 2. The second-order valence-electron chi connectivity index (χ2n) is 5.45. The van der Waals surface area contributed by atoms with E-state index in [2.05, 4.69) is 54.8 Å². The van der Waals surface area contributed by atoms with E-state index in [4.69, 9.17) is 0 Å². The molecule has 1 aromatic heterocycles. The number of benzene rings is 1. The fourth-order valence-electron chi connectivity index (χ4n) is 2.72. The summed E-state index contributed by atoms with van der Waals surface area (Å²) < 4.78 is 1.88. The number of allylic oxidation sites excluding steroid dienone is 2. The lowest BCUT2D eigenvalue weighted by Crippen LogP contribution is -1.98. The van der Waals surface area contributed by atoms with Crippen LogP contribution in [0.4, 0.5) is 0 Å². The number of hydrogen-bond acceptors (Lipinski definition) is 2. The summed E-state index contributed by atoms with van der Waals surface area (Å²) in [4.78, 5) is 4.36. The third kappa shape index (κ3) is 4.07. The molecule has 0 bridgehead atoms. The normalized spacial score (nSPS) is 12.3. The highest BCUT2D eigenvalue weighted by atomic mass is 15.3. The van der Waals surface area contributed by atoms with Crippen molar-refractivity contribution in [1.29, 1.82) is 0 Å². The third-order valence-corrected chi connectivity index (χ3v) is 4.04. The predicted octanol–water partition coefficient (Wildman–Crippen LogP) is 5.39. The largest absolute Gasteiger partial charge is 0.261 e. The van der Waals surface area contributed by atoms with Gasteiger partial charge < -0.3 is 0 Å². The summed E-state index contributed by atoms with van der Waals surface area (Å²) in [7, 11) is 0. The molecule has 0 N–H and O–H groups in total. The molecule has 0 saturated carbocycles. The highest BCUT2D eigenvalue weighted by Gasteiger charge is 2.08. The van der Waals surface area contributed by atoms with E-state index in [1.165, 1.54) is 18.4 Å². The summed E-state index contributed by atoms with van der Waals surface area (Å²) in [6, 6.07) is 8.67. The van der Waals surface area contributed by atoms with Gasteiger partial charge in [0.05, 0.1) is 17.6 Å². The Hall–Kier alpha value is -2.42. The first-order valence-electron chi connectivity index (χ1n) is 8.20. The first-order chi connectivity index (χ1) is 11.2. The molecule has 0 radical (unpaired) electrons. The SMILES string of the molecule is C=C/C=C(\N=CC)c1cnn(-c2ccc(C(CC)CC)cc2)c1. The molecule has 23 heavy (non-hydrogen) atoms. The predicted molar refractivity (Wildman–Crippen MR) is 99.2 cm³/mol. The van der Waals surface area contributed by atoms with Crippen LogP contribution in [0.1, 0.15) is 50.7 Å². The van der Waals surface area contributed by atoms with Gasteiger partial charge in [-0.15, -0.1) is 0 Å². The van der Waals surface area contributed by atoms with Crippen LogP contribution in [-0.2, 0) is 0 Å². The molecule has 120 valence electrons. The van der Waals surface area contributed by atoms with E-state index in [1.54, 1.807) is 12.3 Å². The van der Waals surface area contributed by atoms with Crippen molar-refractivity contribution >= 4 is 11.9 Å². The third-order valence-electron chi connectivity index (χ3n) is 4.04. The van der Waals surface area contributed by atoms with Crippen molar-refractivity contribution in [2.75, 3.05) is 0 Å². The van der Waals surface area contributed by atoms with Gasteiger partial charge in [0.25, 0.3) is 0 Å². The quantitative estimate of drug-likeness (QED) is 0.498. The Morgan fingerprint density at radius 2 is 1.96 bits per heavy atom. The molecule has 2 rings (SSSR count). The van der Waals surface area contributed by atoms with Crippen molar-refractivity contribution in [1.82, 2.24) is 9.78 Å². The van der Waals surface area contributed by atoms with E-state index in [9.17, 15) is 0 Å². The van der Waals surface area contributed by atoms with Gasteiger partial charge in [-0.05, 0) is 49.5 Å². The lowest BCUT2D eigenvalue weighted by Gasteiger charge is -2.13. The van der Waals surface area contributed by atoms with Crippen LogP contribution in [0.15, 0.2) is 60.4 Å². The van der Waals surface area contributed by atoms with Crippen molar-refractivity contribution < 1.29 is 0 Å². The Morgan fingerprint density at radius 3 is 2.52 bits per heavy atom. The van der Waals surface area contributed by atoms with Crippen molar-refractivity contribution in [3.63, 3.8) is 0 Å². The molecule has 3 nitrogen and oxygen atoms in total. The fraction of sp³-hybridized carbons (Fsp3) is 0.300. The molecule has 3 heteroatoms. The molecule has 1 heterocycles. The minimum Gasteiger partial charge on any atom is -0.261 e. The molecule has 0 aliphatic rings. The second kappa shape index (κ2) is 8.28. The minimum atomic E-state index is 0.637. The lowest BCUT2D eigenvalue weighted by molar-refractivity contribution is 0.641. The summed E-state index contributed by atoms with van der Waals surface area (Å²) in [6.07, 6.45) is 11.6. The highest BCUT2D eigenvalue weighted by molar-refractivity contribution is 5.73. The molecule has 1 aromatic carbocycles. The average Bonchev–Trinajstić information content (AvgIpc) is 3.06. The van der Waals surface area contributed by atoms with E-state index in [0.29, 0.717) is 5.92 Å². The number of aliphatic imine (C=N–C) groups is 1. The number of nitrogens with zero attached hydrogens (tertiary/aromatic N) is 3. The number of hydrogen-bond donors (Lipinski definition) is 0. The first-order valence-corrected chi connectivity index (χ1v) is 8.20. The standard InChI is InChI=1S/C20H25N3/c1-5-9-20(21-8-4)18-14-22-23(15-18)19-12-10-17(11-13-19)16(6-2)7-3/h5,8-16H,1,6-7H2,2-4H3/b20-9-,21-8?. The second-order valence-corrected chi connectivity index (χ2v) is 5.45. The van der Waals surface area contributed by atoms with Crippen molar-refractivity contribution in [2.24, 2.45) is 4.99 Å². The number of rotatable bonds is 7.